The molecule has 0 saturated heterocycles. The second kappa shape index (κ2) is 3.56. The van der Waals surface area contributed by atoms with Crippen LogP contribution in [0.1, 0.15) is 24.8 Å². The highest BCUT2D eigenvalue weighted by Gasteiger charge is 2.43. The Bertz CT molecular complexity index is 367. The average Bonchev–Trinajstić information content (AvgIpc) is 2.83. The summed E-state index contributed by atoms with van der Waals surface area (Å²) in [5.74, 6) is 0.604. The fourth-order valence-electron chi connectivity index (χ4n) is 1.83. The van der Waals surface area contributed by atoms with Crippen LogP contribution in [0.2, 0.25) is 10.0 Å². The third-order valence-electron chi connectivity index (χ3n) is 2.68. The first kappa shape index (κ1) is 10.0. The Morgan fingerprint density at radius 1 is 1.36 bits per heavy atom. The zero-order valence-corrected chi connectivity index (χ0v) is 9.27. The number of ketones is 1. The first-order valence-electron chi connectivity index (χ1n) is 4.55. The van der Waals surface area contributed by atoms with Crippen LogP contribution in [0.15, 0.2) is 18.2 Å². The standard InChI is InChI=1S/C11H10Cl2O/c1-6(14)7-5-8(7)11-9(12)3-2-4-10(11)13/h2-4,7-8H,5H2,1H3. The Labute approximate surface area is 93.0 Å². The normalized spacial score (nSPS) is 24.8. The van der Waals surface area contributed by atoms with Crippen LogP contribution >= 0.6 is 23.2 Å². The number of rotatable bonds is 2. The minimum atomic E-state index is 0.132. The molecular weight excluding hydrogens is 219 g/mol. The minimum absolute atomic E-state index is 0.132. The van der Waals surface area contributed by atoms with E-state index in [0.717, 1.165) is 12.0 Å². The van der Waals surface area contributed by atoms with Gasteiger partial charge < -0.3 is 0 Å². The molecule has 1 aromatic rings. The van der Waals surface area contributed by atoms with E-state index < -0.39 is 0 Å². The molecule has 2 rings (SSSR count). The van der Waals surface area contributed by atoms with Crippen molar-refractivity contribution in [1.82, 2.24) is 0 Å². The smallest absolute Gasteiger partial charge is 0.133 e. The molecule has 0 N–H and O–H groups in total. The second-order valence-electron chi connectivity index (χ2n) is 3.69. The summed E-state index contributed by atoms with van der Waals surface area (Å²) in [5, 5.41) is 1.34. The maximum absolute atomic E-state index is 11.1. The largest absolute Gasteiger partial charge is 0.300 e. The lowest BCUT2D eigenvalue weighted by Gasteiger charge is -2.04. The monoisotopic (exact) mass is 228 g/mol. The van der Waals surface area contributed by atoms with Crippen molar-refractivity contribution in [2.45, 2.75) is 19.3 Å². The van der Waals surface area contributed by atoms with Gasteiger partial charge in [0.2, 0.25) is 0 Å². The summed E-state index contributed by atoms with van der Waals surface area (Å²) in [6, 6.07) is 5.45. The van der Waals surface area contributed by atoms with Crippen molar-refractivity contribution in [3.05, 3.63) is 33.8 Å². The number of halogens is 2. The molecule has 0 radical (unpaired) electrons. The molecule has 2 atom stereocenters. The highest BCUT2D eigenvalue weighted by atomic mass is 35.5. The number of Topliss-reactive ketones (excluding diaryl/α,β-unsaturated/α-hetero) is 1. The molecule has 74 valence electrons. The molecule has 0 aromatic heterocycles. The van der Waals surface area contributed by atoms with E-state index in [1.807, 2.05) is 18.2 Å². The minimum Gasteiger partial charge on any atom is -0.300 e. The van der Waals surface area contributed by atoms with E-state index in [-0.39, 0.29) is 17.6 Å². The van der Waals surface area contributed by atoms with Crippen LogP contribution in [0.5, 0.6) is 0 Å². The molecule has 2 unspecified atom stereocenters. The lowest BCUT2D eigenvalue weighted by Crippen LogP contribution is -1.95. The Kier molecular flexibility index (Phi) is 2.54. The van der Waals surface area contributed by atoms with E-state index in [1.165, 1.54) is 0 Å². The van der Waals surface area contributed by atoms with Gasteiger partial charge in [0.05, 0.1) is 0 Å². The topological polar surface area (TPSA) is 17.1 Å². The van der Waals surface area contributed by atoms with Gasteiger partial charge in [0.15, 0.2) is 0 Å². The summed E-state index contributed by atoms with van der Waals surface area (Å²) in [4.78, 5) is 11.1. The van der Waals surface area contributed by atoms with Crippen molar-refractivity contribution < 1.29 is 4.79 Å². The average molecular weight is 229 g/mol. The summed E-state index contributed by atoms with van der Waals surface area (Å²) in [6.07, 6.45) is 0.888. The van der Waals surface area contributed by atoms with Crippen molar-refractivity contribution in [1.29, 1.82) is 0 Å². The number of hydrogen-bond donors (Lipinski definition) is 0. The van der Waals surface area contributed by atoms with E-state index in [0.29, 0.717) is 10.0 Å². The van der Waals surface area contributed by atoms with Gasteiger partial charge in [0, 0.05) is 16.0 Å². The molecule has 1 aliphatic carbocycles. The van der Waals surface area contributed by atoms with Crippen molar-refractivity contribution in [2.24, 2.45) is 5.92 Å². The first-order valence-corrected chi connectivity index (χ1v) is 5.31. The van der Waals surface area contributed by atoms with Crippen molar-refractivity contribution in [3.63, 3.8) is 0 Å². The molecule has 3 heteroatoms. The summed E-state index contributed by atoms with van der Waals surface area (Å²) in [6.45, 7) is 1.62. The third-order valence-corrected chi connectivity index (χ3v) is 3.34. The predicted molar refractivity (Wildman–Crippen MR) is 58.0 cm³/mol. The summed E-state index contributed by atoms with van der Waals surface area (Å²) in [5.41, 5.74) is 0.941. The Morgan fingerprint density at radius 2 is 1.93 bits per heavy atom. The number of carbonyl (C=O) groups excluding carboxylic acids is 1. The van der Waals surface area contributed by atoms with Gasteiger partial charge in [-0.15, -0.1) is 0 Å². The van der Waals surface area contributed by atoms with E-state index in [9.17, 15) is 4.79 Å². The lowest BCUT2D eigenvalue weighted by molar-refractivity contribution is -0.118. The molecule has 0 spiro atoms. The molecule has 14 heavy (non-hydrogen) atoms. The Balaban J connectivity index is 2.31. The fourth-order valence-corrected chi connectivity index (χ4v) is 2.51. The Hall–Kier alpha value is -0.530. The van der Waals surface area contributed by atoms with Crippen LogP contribution in [0, 0.1) is 5.92 Å². The maximum Gasteiger partial charge on any atom is 0.133 e. The highest BCUT2D eigenvalue weighted by Crippen LogP contribution is 2.52. The van der Waals surface area contributed by atoms with Crippen LogP contribution in [0.4, 0.5) is 0 Å². The van der Waals surface area contributed by atoms with Crippen molar-refractivity contribution in [3.8, 4) is 0 Å². The van der Waals surface area contributed by atoms with E-state index in [1.54, 1.807) is 6.92 Å². The first-order chi connectivity index (χ1) is 6.61. The molecule has 0 amide bonds. The summed E-state index contributed by atoms with van der Waals surface area (Å²) in [7, 11) is 0. The lowest BCUT2D eigenvalue weighted by atomic mass is 10.1. The van der Waals surface area contributed by atoms with Crippen molar-refractivity contribution in [2.75, 3.05) is 0 Å². The third kappa shape index (κ3) is 1.67. The van der Waals surface area contributed by atoms with E-state index >= 15 is 0 Å². The van der Waals surface area contributed by atoms with Gasteiger partial charge in [-0.2, -0.15) is 0 Å². The molecule has 0 heterocycles. The molecule has 1 aromatic carbocycles. The fraction of sp³-hybridized carbons (Fsp3) is 0.364. The maximum atomic E-state index is 11.1. The zero-order valence-electron chi connectivity index (χ0n) is 7.76. The molecule has 1 aliphatic rings. The van der Waals surface area contributed by atoms with Crippen LogP contribution in [0.25, 0.3) is 0 Å². The second-order valence-corrected chi connectivity index (χ2v) is 4.51. The van der Waals surface area contributed by atoms with Gasteiger partial charge >= 0.3 is 0 Å². The summed E-state index contributed by atoms with van der Waals surface area (Å²) >= 11 is 12.1. The van der Waals surface area contributed by atoms with Gasteiger partial charge in [0.25, 0.3) is 0 Å². The van der Waals surface area contributed by atoms with Crippen LogP contribution in [-0.2, 0) is 4.79 Å². The van der Waals surface area contributed by atoms with Crippen LogP contribution < -0.4 is 0 Å². The van der Waals surface area contributed by atoms with Gasteiger partial charge in [-0.1, -0.05) is 29.3 Å². The zero-order chi connectivity index (χ0) is 10.3. The van der Waals surface area contributed by atoms with Gasteiger partial charge in [0.1, 0.15) is 5.78 Å². The highest BCUT2D eigenvalue weighted by molar-refractivity contribution is 6.36. The molecular formula is C11H10Cl2O. The predicted octanol–water partition coefficient (Wildman–Crippen LogP) is 3.69. The SMILES string of the molecule is CC(=O)C1CC1c1c(Cl)cccc1Cl. The number of carbonyl (C=O) groups is 1. The number of hydrogen-bond acceptors (Lipinski definition) is 1. The summed E-state index contributed by atoms with van der Waals surface area (Å²) < 4.78 is 0. The molecule has 0 aliphatic heterocycles. The Morgan fingerprint density at radius 3 is 2.36 bits per heavy atom. The molecule has 0 bridgehead atoms. The molecule has 1 nitrogen and oxygen atoms in total. The van der Waals surface area contributed by atoms with Crippen LogP contribution in [-0.4, -0.2) is 5.78 Å². The quantitative estimate of drug-likeness (QED) is 0.755. The number of benzene rings is 1. The van der Waals surface area contributed by atoms with E-state index in [4.69, 9.17) is 23.2 Å². The van der Waals surface area contributed by atoms with Crippen molar-refractivity contribution >= 4 is 29.0 Å². The van der Waals surface area contributed by atoms with E-state index in [2.05, 4.69) is 0 Å². The van der Waals surface area contributed by atoms with Gasteiger partial charge in [-0.3, -0.25) is 4.79 Å². The molecule has 1 saturated carbocycles. The molecule has 1 fully saturated rings. The van der Waals surface area contributed by atoms with Crippen LogP contribution in [0.3, 0.4) is 0 Å². The van der Waals surface area contributed by atoms with Gasteiger partial charge in [-0.25, -0.2) is 0 Å². The van der Waals surface area contributed by atoms with Gasteiger partial charge in [-0.05, 0) is 37.0 Å².